The van der Waals surface area contributed by atoms with Crippen LogP contribution in [0.1, 0.15) is 0 Å². The van der Waals surface area contributed by atoms with Gasteiger partial charge in [-0.25, -0.2) is 0 Å². The average Bonchev–Trinajstić information content (AvgIpc) is 2.53. The highest BCUT2D eigenvalue weighted by Crippen LogP contribution is 2.27. The lowest BCUT2D eigenvalue weighted by Gasteiger charge is -2.14. The summed E-state index contributed by atoms with van der Waals surface area (Å²) in [4.78, 5) is 14.1. The number of carbonyl (C=O) groups excluding carboxylic acids is 1. The molecule has 6 heteroatoms. The fourth-order valence-corrected chi connectivity index (χ4v) is 2.20. The molecule has 0 atom stereocenters. The molecule has 2 rings (SSSR count). The second-order valence-electron chi connectivity index (χ2n) is 5.19. The number of nitrogens with zero attached hydrogens (tertiary/aromatic N) is 1. The van der Waals surface area contributed by atoms with E-state index in [2.05, 4.69) is 10.6 Å². The lowest BCUT2D eigenvalue weighted by Crippen LogP contribution is -2.22. The molecule has 0 bridgehead atoms. The molecule has 0 unspecified atom stereocenters. The van der Waals surface area contributed by atoms with E-state index < -0.39 is 0 Å². The Balaban J connectivity index is 1.94. The van der Waals surface area contributed by atoms with Gasteiger partial charge in [-0.15, -0.1) is 0 Å². The first-order valence-corrected chi connectivity index (χ1v) is 7.52. The van der Waals surface area contributed by atoms with Gasteiger partial charge in [0.15, 0.2) is 0 Å². The molecule has 0 radical (unpaired) electrons. The van der Waals surface area contributed by atoms with E-state index in [0.29, 0.717) is 16.5 Å². The molecule has 1 amide bonds. The lowest BCUT2D eigenvalue weighted by molar-refractivity contribution is -0.114. The highest BCUT2D eigenvalue weighted by atomic mass is 35.5. The predicted octanol–water partition coefficient (Wildman–Crippen LogP) is 3.47. The maximum Gasteiger partial charge on any atom is 0.243 e. The van der Waals surface area contributed by atoms with Gasteiger partial charge < -0.3 is 20.3 Å². The van der Waals surface area contributed by atoms with Crippen LogP contribution < -0.4 is 20.3 Å². The van der Waals surface area contributed by atoms with Crippen molar-refractivity contribution in [2.75, 3.05) is 43.3 Å². The highest BCUT2D eigenvalue weighted by Gasteiger charge is 2.08. The fourth-order valence-electron chi connectivity index (χ4n) is 2.03. The Hall–Kier alpha value is -2.40. The summed E-state index contributed by atoms with van der Waals surface area (Å²) >= 11 is 5.94. The van der Waals surface area contributed by atoms with Crippen molar-refractivity contribution in [1.29, 1.82) is 0 Å². The zero-order valence-corrected chi connectivity index (χ0v) is 14.1. The van der Waals surface area contributed by atoms with Crippen molar-refractivity contribution in [2.45, 2.75) is 0 Å². The molecule has 0 saturated heterocycles. The number of hydrogen-bond donors (Lipinski definition) is 2. The summed E-state index contributed by atoms with van der Waals surface area (Å²) in [7, 11) is 5.51. The lowest BCUT2D eigenvalue weighted by atomic mass is 10.2. The SMILES string of the molecule is COc1ccc(Cl)cc1NC(=O)CNc1ccc(N(C)C)cc1. The fraction of sp³-hybridized carbons (Fsp3) is 0.235. The maximum atomic E-state index is 12.1. The van der Waals surface area contributed by atoms with Crippen LogP contribution in [0.25, 0.3) is 0 Å². The van der Waals surface area contributed by atoms with E-state index in [0.717, 1.165) is 11.4 Å². The first-order valence-electron chi connectivity index (χ1n) is 7.14. The van der Waals surface area contributed by atoms with Crippen LogP contribution >= 0.6 is 11.6 Å². The van der Waals surface area contributed by atoms with E-state index in [-0.39, 0.29) is 12.5 Å². The molecule has 2 aromatic carbocycles. The number of halogens is 1. The number of ether oxygens (including phenoxy) is 1. The van der Waals surface area contributed by atoms with Crippen LogP contribution in [0.2, 0.25) is 5.02 Å². The molecule has 0 saturated carbocycles. The third-order valence-corrected chi connectivity index (χ3v) is 3.51. The van der Waals surface area contributed by atoms with Crippen molar-refractivity contribution in [3.05, 3.63) is 47.5 Å². The van der Waals surface area contributed by atoms with Crippen LogP contribution in [0.3, 0.4) is 0 Å². The highest BCUT2D eigenvalue weighted by molar-refractivity contribution is 6.31. The number of anilines is 3. The van der Waals surface area contributed by atoms with E-state index >= 15 is 0 Å². The van der Waals surface area contributed by atoms with Gasteiger partial charge in [0.2, 0.25) is 5.91 Å². The van der Waals surface area contributed by atoms with Crippen LogP contribution in [0.4, 0.5) is 17.1 Å². The van der Waals surface area contributed by atoms with Gasteiger partial charge in [-0.05, 0) is 42.5 Å². The number of benzene rings is 2. The minimum Gasteiger partial charge on any atom is -0.495 e. The van der Waals surface area contributed by atoms with Gasteiger partial charge in [-0.1, -0.05) is 11.6 Å². The molecule has 0 fully saturated rings. The van der Waals surface area contributed by atoms with E-state index in [4.69, 9.17) is 16.3 Å². The van der Waals surface area contributed by atoms with Crippen LogP contribution in [-0.4, -0.2) is 33.7 Å². The second-order valence-corrected chi connectivity index (χ2v) is 5.62. The third kappa shape index (κ3) is 4.79. The maximum absolute atomic E-state index is 12.1. The van der Waals surface area contributed by atoms with Gasteiger partial charge in [0.1, 0.15) is 5.75 Å². The molecule has 122 valence electrons. The molecule has 5 nitrogen and oxygen atoms in total. The van der Waals surface area contributed by atoms with Crippen LogP contribution in [0, 0.1) is 0 Å². The first kappa shape index (κ1) is 17.0. The van der Waals surface area contributed by atoms with Crippen molar-refractivity contribution < 1.29 is 9.53 Å². The summed E-state index contributed by atoms with van der Waals surface area (Å²) < 4.78 is 5.20. The summed E-state index contributed by atoms with van der Waals surface area (Å²) in [5.41, 5.74) is 2.53. The zero-order valence-electron chi connectivity index (χ0n) is 13.4. The molecule has 0 aliphatic rings. The van der Waals surface area contributed by atoms with E-state index in [1.807, 2.05) is 43.3 Å². The third-order valence-electron chi connectivity index (χ3n) is 3.27. The number of rotatable bonds is 6. The number of hydrogen-bond acceptors (Lipinski definition) is 4. The largest absolute Gasteiger partial charge is 0.495 e. The molecule has 23 heavy (non-hydrogen) atoms. The molecular weight excluding hydrogens is 314 g/mol. The molecule has 2 N–H and O–H groups in total. The Kier molecular flexibility index (Phi) is 5.71. The molecule has 0 heterocycles. The Morgan fingerprint density at radius 3 is 2.48 bits per heavy atom. The first-order chi connectivity index (χ1) is 11.0. The van der Waals surface area contributed by atoms with E-state index in [1.54, 1.807) is 25.3 Å². The molecule has 0 aliphatic carbocycles. The van der Waals surface area contributed by atoms with Gasteiger partial charge in [0.05, 0.1) is 19.3 Å². The summed E-state index contributed by atoms with van der Waals surface area (Å²) in [5, 5.41) is 6.40. The zero-order chi connectivity index (χ0) is 16.8. The monoisotopic (exact) mass is 333 g/mol. The minimum atomic E-state index is -0.178. The van der Waals surface area contributed by atoms with Gasteiger partial charge in [0, 0.05) is 30.5 Å². The van der Waals surface area contributed by atoms with Crippen LogP contribution in [0.15, 0.2) is 42.5 Å². The Morgan fingerprint density at radius 1 is 1.17 bits per heavy atom. The van der Waals surface area contributed by atoms with Crippen molar-refractivity contribution in [2.24, 2.45) is 0 Å². The van der Waals surface area contributed by atoms with E-state index in [9.17, 15) is 4.79 Å². The topological polar surface area (TPSA) is 53.6 Å². The molecule has 0 aliphatic heterocycles. The Morgan fingerprint density at radius 2 is 1.87 bits per heavy atom. The molecular formula is C17H20ClN3O2. The normalized spacial score (nSPS) is 10.1. The summed E-state index contributed by atoms with van der Waals surface area (Å²) in [6.07, 6.45) is 0. The van der Waals surface area contributed by atoms with Crippen molar-refractivity contribution >= 4 is 34.6 Å². The standard InChI is InChI=1S/C17H20ClN3O2/c1-21(2)14-7-5-13(6-8-14)19-11-17(22)20-15-10-12(18)4-9-16(15)23-3/h4-10,19H,11H2,1-3H3,(H,20,22). The smallest absolute Gasteiger partial charge is 0.243 e. The summed E-state index contributed by atoms with van der Waals surface area (Å²) in [6, 6.07) is 12.9. The van der Waals surface area contributed by atoms with Crippen LogP contribution in [0.5, 0.6) is 5.75 Å². The molecule has 2 aromatic rings. The second kappa shape index (κ2) is 7.74. The van der Waals surface area contributed by atoms with E-state index in [1.165, 1.54) is 0 Å². The Bertz CT molecular complexity index is 672. The predicted molar refractivity (Wildman–Crippen MR) is 95.9 cm³/mol. The summed E-state index contributed by atoms with van der Waals surface area (Å²) in [6.45, 7) is 0.150. The number of methoxy groups -OCH3 is 1. The average molecular weight is 334 g/mol. The Labute approximate surface area is 141 Å². The number of amides is 1. The molecule has 0 spiro atoms. The van der Waals surface area contributed by atoms with Gasteiger partial charge in [-0.3, -0.25) is 4.79 Å². The molecule has 0 aromatic heterocycles. The van der Waals surface area contributed by atoms with Gasteiger partial charge in [-0.2, -0.15) is 0 Å². The number of carbonyl (C=O) groups is 1. The van der Waals surface area contributed by atoms with Crippen molar-refractivity contribution in [3.63, 3.8) is 0 Å². The number of nitrogens with one attached hydrogen (secondary N) is 2. The van der Waals surface area contributed by atoms with Crippen molar-refractivity contribution in [3.8, 4) is 5.75 Å². The van der Waals surface area contributed by atoms with Crippen molar-refractivity contribution in [1.82, 2.24) is 0 Å². The minimum absolute atomic E-state index is 0.150. The van der Waals surface area contributed by atoms with Crippen LogP contribution in [-0.2, 0) is 4.79 Å². The van der Waals surface area contributed by atoms with Gasteiger partial charge in [0.25, 0.3) is 0 Å². The summed E-state index contributed by atoms with van der Waals surface area (Å²) in [5.74, 6) is 0.389. The van der Waals surface area contributed by atoms with Gasteiger partial charge >= 0.3 is 0 Å². The quantitative estimate of drug-likeness (QED) is 0.850.